The van der Waals surface area contributed by atoms with E-state index in [4.69, 9.17) is 0 Å². The molecule has 0 spiro atoms. The minimum absolute atomic E-state index is 0.00193. The number of hydrogen-bond acceptors (Lipinski definition) is 3. The molecule has 0 saturated carbocycles. The summed E-state index contributed by atoms with van der Waals surface area (Å²) in [6.07, 6.45) is -0.0761. The van der Waals surface area contributed by atoms with E-state index in [9.17, 15) is 27.6 Å². The minimum atomic E-state index is -4.86. The van der Waals surface area contributed by atoms with Crippen LogP contribution in [0, 0.1) is 5.92 Å². The quantitative estimate of drug-likeness (QED) is 0.658. The molecule has 1 saturated heterocycles. The Morgan fingerprint density at radius 1 is 0.968 bits per heavy atom. The second-order valence-corrected chi connectivity index (χ2v) is 8.54. The van der Waals surface area contributed by atoms with E-state index in [0.717, 1.165) is 54.8 Å². The zero-order valence-electron chi connectivity index (χ0n) is 17.8. The molecule has 1 aromatic rings. The van der Waals surface area contributed by atoms with E-state index in [1.807, 2.05) is 11.0 Å². The van der Waals surface area contributed by atoms with Gasteiger partial charge in [-0.05, 0) is 61.6 Å². The third kappa shape index (κ3) is 6.08. The molecule has 0 unspecified atom stereocenters. The topological polar surface area (TPSA) is 57.7 Å². The zero-order chi connectivity index (χ0) is 22.6. The van der Waals surface area contributed by atoms with Crippen molar-refractivity contribution in [3.8, 4) is 0 Å². The van der Waals surface area contributed by atoms with Gasteiger partial charge in [-0.25, -0.2) is 0 Å². The monoisotopic (exact) mass is 438 g/mol. The van der Waals surface area contributed by atoms with Gasteiger partial charge in [-0.15, -0.1) is 0 Å². The summed E-state index contributed by atoms with van der Waals surface area (Å²) in [4.78, 5) is 38.3. The standard InChI is InChI=1S/C23H29F3N2O3/c1-16(29)27-11-7-17(8-12-27)3-2-4-21(30)20-6-5-18-9-13-28(14-10-19(18)15-20)22(31)23(24,25)26/h5-6,15,17H,2-4,7-14H2,1H3. The lowest BCUT2D eigenvalue weighted by Crippen LogP contribution is -2.42. The van der Waals surface area contributed by atoms with Gasteiger partial charge in [0.25, 0.3) is 0 Å². The summed E-state index contributed by atoms with van der Waals surface area (Å²) in [5.41, 5.74) is 2.33. The van der Waals surface area contributed by atoms with Crippen LogP contribution in [0.4, 0.5) is 13.2 Å². The molecule has 8 heteroatoms. The maximum atomic E-state index is 12.7. The first-order chi connectivity index (χ1) is 14.6. The number of ketones is 1. The van der Waals surface area contributed by atoms with Crippen LogP contribution in [0.3, 0.4) is 0 Å². The summed E-state index contributed by atoms with van der Waals surface area (Å²) in [5.74, 6) is -1.11. The van der Waals surface area contributed by atoms with Crippen molar-refractivity contribution >= 4 is 17.6 Å². The molecule has 2 aliphatic rings. The predicted octanol–water partition coefficient (Wildman–Crippen LogP) is 3.79. The highest BCUT2D eigenvalue weighted by molar-refractivity contribution is 5.96. The van der Waals surface area contributed by atoms with Gasteiger partial charge in [0.1, 0.15) is 0 Å². The Hall–Kier alpha value is -2.38. The van der Waals surface area contributed by atoms with Crippen molar-refractivity contribution < 1.29 is 27.6 Å². The largest absolute Gasteiger partial charge is 0.471 e. The first-order valence-electron chi connectivity index (χ1n) is 10.9. The number of alkyl halides is 3. The van der Waals surface area contributed by atoms with Gasteiger partial charge in [0, 0.05) is 45.1 Å². The lowest BCUT2D eigenvalue weighted by molar-refractivity contribution is -0.185. The second kappa shape index (κ2) is 9.83. The van der Waals surface area contributed by atoms with Crippen molar-refractivity contribution in [1.82, 2.24) is 9.80 Å². The number of likely N-dealkylation sites (tertiary alicyclic amines) is 1. The van der Waals surface area contributed by atoms with Gasteiger partial charge < -0.3 is 9.80 Å². The average molecular weight is 438 g/mol. The van der Waals surface area contributed by atoms with Crippen LogP contribution in [-0.2, 0) is 22.4 Å². The van der Waals surface area contributed by atoms with E-state index in [-0.39, 0.29) is 24.8 Å². The molecule has 5 nitrogen and oxygen atoms in total. The van der Waals surface area contributed by atoms with E-state index in [0.29, 0.717) is 30.7 Å². The maximum Gasteiger partial charge on any atom is 0.471 e. The molecule has 1 fully saturated rings. The molecule has 0 N–H and O–H groups in total. The molecule has 0 aromatic heterocycles. The molecule has 2 heterocycles. The molecular formula is C23H29F3N2O3. The van der Waals surface area contributed by atoms with Gasteiger partial charge in [-0.2, -0.15) is 13.2 Å². The summed E-state index contributed by atoms with van der Waals surface area (Å²) in [6, 6.07) is 5.33. The fourth-order valence-electron chi connectivity index (χ4n) is 4.51. The maximum absolute atomic E-state index is 12.7. The SMILES string of the molecule is CC(=O)N1CCC(CCCC(=O)c2ccc3c(c2)CCN(C(=O)C(F)(F)F)CC3)CC1. The Morgan fingerprint density at radius 2 is 1.61 bits per heavy atom. The summed E-state index contributed by atoms with van der Waals surface area (Å²) in [5, 5.41) is 0. The zero-order valence-corrected chi connectivity index (χ0v) is 17.8. The number of halogens is 3. The summed E-state index contributed by atoms with van der Waals surface area (Å²) < 4.78 is 38.2. The van der Waals surface area contributed by atoms with Crippen LogP contribution < -0.4 is 0 Å². The number of hydrogen-bond donors (Lipinski definition) is 0. The molecule has 0 bridgehead atoms. The summed E-state index contributed by atoms with van der Waals surface area (Å²) >= 11 is 0. The summed E-state index contributed by atoms with van der Waals surface area (Å²) in [6.45, 7) is 3.19. The second-order valence-electron chi connectivity index (χ2n) is 8.54. The Kier molecular flexibility index (Phi) is 7.38. The fourth-order valence-corrected chi connectivity index (χ4v) is 4.51. The fraction of sp³-hybridized carbons (Fsp3) is 0.609. The van der Waals surface area contributed by atoms with Crippen LogP contribution in [0.1, 0.15) is 60.5 Å². The van der Waals surface area contributed by atoms with Gasteiger partial charge in [-0.3, -0.25) is 14.4 Å². The molecule has 170 valence electrons. The molecule has 0 aliphatic carbocycles. The highest BCUT2D eigenvalue weighted by atomic mass is 19.4. The average Bonchev–Trinajstić information content (AvgIpc) is 2.94. The Bertz CT molecular complexity index is 830. The first-order valence-corrected chi connectivity index (χ1v) is 10.9. The van der Waals surface area contributed by atoms with Crippen LogP contribution in [0.15, 0.2) is 18.2 Å². The number of fused-ring (bicyclic) bond motifs is 1. The number of benzene rings is 1. The highest BCUT2D eigenvalue weighted by Gasteiger charge is 2.42. The minimum Gasteiger partial charge on any atom is -0.343 e. The Balaban J connectivity index is 1.50. The van der Waals surface area contributed by atoms with E-state index < -0.39 is 12.1 Å². The smallest absolute Gasteiger partial charge is 0.343 e. The van der Waals surface area contributed by atoms with E-state index >= 15 is 0 Å². The normalized spacial score (nSPS) is 17.8. The number of carbonyl (C=O) groups excluding carboxylic acids is 3. The van der Waals surface area contributed by atoms with Gasteiger partial charge in [0.05, 0.1) is 0 Å². The van der Waals surface area contributed by atoms with Crippen LogP contribution in [0.2, 0.25) is 0 Å². The van der Waals surface area contributed by atoms with Crippen LogP contribution in [-0.4, -0.2) is 59.8 Å². The highest BCUT2D eigenvalue weighted by Crippen LogP contribution is 2.25. The van der Waals surface area contributed by atoms with E-state index in [2.05, 4.69) is 0 Å². The molecule has 2 amide bonds. The molecule has 1 aromatic carbocycles. The number of nitrogens with zero attached hydrogens (tertiary/aromatic N) is 2. The van der Waals surface area contributed by atoms with E-state index in [1.165, 1.54) is 0 Å². The lowest BCUT2D eigenvalue weighted by Gasteiger charge is -2.31. The molecule has 0 atom stereocenters. The number of rotatable bonds is 5. The van der Waals surface area contributed by atoms with Crippen LogP contribution in [0.25, 0.3) is 0 Å². The van der Waals surface area contributed by atoms with Crippen molar-refractivity contribution in [2.45, 2.75) is 58.0 Å². The number of carbonyl (C=O) groups is 3. The van der Waals surface area contributed by atoms with Crippen molar-refractivity contribution in [1.29, 1.82) is 0 Å². The van der Waals surface area contributed by atoms with Crippen LogP contribution in [0.5, 0.6) is 0 Å². The van der Waals surface area contributed by atoms with Gasteiger partial charge in [-0.1, -0.05) is 12.1 Å². The molecule has 0 radical (unpaired) electrons. The first kappa shape index (κ1) is 23.3. The number of Topliss-reactive ketones (excluding diaryl/α,β-unsaturated/α-hetero) is 1. The van der Waals surface area contributed by atoms with Crippen molar-refractivity contribution in [2.75, 3.05) is 26.2 Å². The predicted molar refractivity (Wildman–Crippen MR) is 110 cm³/mol. The molecule has 2 aliphatic heterocycles. The lowest BCUT2D eigenvalue weighted by atomic mass is 9.90. The number of piperidine rings is 1. The third-order valence-electron chi connectivity index (χ3n) is 6.44. The van der Waals surface area contributed by atoms with Gasteiger partial charge >= 0.3 is 12.1 Å². The van der Waals surface area contributed by atoms with Crippen LogP contribution >= 0.6 is 0 Å². The Morgan fingerprint density at radius 3 is 2.23 bits per heavy atom. The van der Waals surface area contributed by atoms with Gasteiger partial charge in [0.2, 0.25) is 5.91 Å². The number of amides is 2. The van der Waals surface area contributed by atoms with Crippen molar-refractivity contribution in [2.24, 2.45) is 5.92 Å². The van der Waals surface area contributed by atoms with Gasteiger partial charge in [0.15, 0.2) is 5.78 Å². The van der Waals surface area contributed by atoms with Crippen molar-refractivity contribution in [3.05, 3.63) is 34.9 Å². The molecule has 3 rings (SSSR count). The summed E-state index contributed by atoms with van der Waals surface area (Å²) in [7, 11) is 0. The van der Waals surface area contributed by atoms with E-state index in [1.54, 1.807) is 19.1 Å². The third-order valence-corrected chi connectivity index (χ3v) is 6.44. The Labute approximate surface area is 180 Å². The molecule has 31 heavy (non-hydrogen) atoms. The molecular weight excluding hydrogens is 409 g/mol. The van der Waals surface area contributed by atoms with Crippen molar-refractivity contribution in [3.63, 3.8) is 0 Å².